The van der Waals surface area contributed by atoms with Gasteiger partial charge in [-0.1, -0.05) is 18.2 Å². The lowest BCUT2D eigenvalue weighted by Gasteiger charge is -2.07. The van der Waals surface area contributed by atoms with Gasteiger partial charge in [-0.3, -0.25) is 0 Å². The number of anilines is 2. The first-order valence-corrected chi connectivity index (χ1v) is 5.05. The molecule has 2 rings (SSSR count). The van der Waals surface area contributed by atoms with Crippen LogP contribution in [-0.2, 0) is 6.54 Å². The first kappa shape index (κ1) is 11.3. The van der Waals surface area contributed by atoms with Crippen molar-refractivity contribution >= 4 is 11.6 Å². The van der Waals surface area contributed by atoms with Gasteiger partial charge in [0.2, 0.25) is 0 Å². The van der Waals surface area contributed by atoms with Crippen molar-refractivity contribution in [1.82, 2.24) is 9.97 Å². The van der Waals surface area contributed by atoms with E-state index in [2.05, 4.69) is 20.7 Å². The monoisotopic (exact) mass is 233 g/mol. The number of rotatable bonds is 4. The van der Waals surface area contributed by atoms with Gasteiger partial charge in [0.05, 0.1) is 0 Å². The van der Waals surface area contributed by atoms with Crippen molar-refractivity contribution in [2.24, 2.45) is 5.84 Å². The average molecular weight is 233 g/mol. The van der Waals surface area contributed by atoms with Gasteiger partial charge in [0, 0.05) is 18.2 Å². The fourth-order valence-corrected chi connectivity index (χ4v) is 1.36. The van der Waals surface area contributed by atoms with E-state index in [1.165, 1.54) is 12.4 Å². The van der Waals surface area contributed by atoms with Gasteiger partial charge in [-0.25, -0.2) is 20.2 Å². The highest BCUT2D eigenvalue weighted by Gasteiger charge is 2.01. The molecule has 6 heteroatoms. The van der Waals surface area contributed by atoms with Gasteiger partial charge in [0.15, 0.2) is 0 Å². The van der Waals surface area contributed by atoms with Crippen LogP contribution in [0.4, 0.5) is 16.0 Å². The van der Waals surface area contributed by atoms with Gasteiger partial charge >= 0.3 is 0 Å². The highest BCUT2D eigenvalue weighted by Crippen LogP contribution is 2.11. The second-order valence-corrected chi connectivity index (χ2v) is 3.38. The molecule has 0 fully saturated rings. The number of nitrogens with zero attached hydrogens (tertiary/aromatic N) is 2. The van der Waals surface area contributed by atoms with Crippen LogP contribution >= 0.6 is 0 Å². The van der Waals surface area contributed by atoms with Crippen LogP contribution in [0.25, 0.3) is 0 Å². The molecule has 5 nitrogen and oxygen atoms in total. The Bertz CT molecular complexity index is 503. The molecule has 0 atom stereocenters. The maximum absolute atomic E-state index is 13.3. The fourth-order valence-electron chi connectivity index (χ4n) is 1.36. The average Bonchev–Trinajstić information content (AvgIpc) is 2.38. The van der Waals surface area contributed by atoms with Crippen LogP contribution < -0.4 is 16.6 Å². The van der Waals surface area contributed by atoms with Crippen LogP contribution in [0.2, 0.25) is 0 Å². The molecule has 17 heavy (non-hydrogen) atoms. The third-order valence-corrected chi connectivity index (χ3v) is 2.23. The van der Waals surface area contributed by atoms with Gasteiger partial charge in [-0.2, -0.15) is 0 Å². The molecule has 0 saturated heterocycles. The van der Waals surface area contributed by atoms with E-state index < -0.39 is 0 Å². The van der Waals surface area contributed by atoms with Gasteiger partial charge < -0.3 is 10.7 Å². The quantitative estimate of drug-likeness (QED) is 0.551. The van der Waals surface area contributed by atoms with Crippen molar-refractivity contribution in [3.63, 3.8) is 0 Å². The zero-order valence-electron chi connectivity index (χ0n) is 9.02. The normalized spacial score (nSPS) is 10.0. The molecule has 0 bridgehead atoms. The Balaban J connectivity index is 2.05. The molecule has 0 unspecified atom stereocenters. The maximum atomic E-state index is 13.3. The summed E-state index contributed by atoms with van der Waals surface area (Å²) in [6.07, 6.45) is 1.37. The van der Waals surface area contributed by atoms with Crippen LogP contribution in [0.5, 0.6) is 0 Å². The molecule has 0 aliphatic rings. The van der Waals surface area contributed by atoms with Crippen molar-refractivity contribution in [1.29, 1.82) is 0 Å². The van der Waals surface area contributed by atoms with Crippen LogP contribution in [0.3, 0.4) is 0 Å². The number of hydrogen-bond acceptors (Lipinski definition) is 5. The zero-order valence-corrected chi connectivity index (χ0v) is 9.02. The summed E-state index contributed by atoms with van der Waals surface area (Å²) >= 11 is 0. The molecule has 0 spiro atoms. The molecule has 88 valence electrons. The first-order chi connectivity index (χ1) is 8.29. The van der Waals surface area contributed by atoms with Crippen molar-refractivity contribution in [3.05, 3.63) is 48.0 Å². The summed E-state index contributed by atoms with van der Waals surface area (Å²) in [6.45, 7) is 0.355. The third kappa shape index (κ3) is 2.88. The first-order valence-electron chi connectivity index (χ1n) is 5.05. The molecule has 1 aromatic carbocycles. The predicted octanol–water partition coefficient (Wildman–Crippen LogP) is 1.51. The van der Waals surface area contributed by atoms with Crippen LogP contribution in [-0.4, -0.2) is 9.97 Å². The summed E-state index contributed by atoms with van der Waals surface area (Å²) in [4.78, 5) is 7.86. The fraction of sp³-hybridized carbons (Fsp3) is 0.0909. The zero-order chi connectivity index (χ0) is 12.1. The van der Waals surface area contributed by atoms with Crippen molar-refractivity contribution in [3.8, 4) is 0 Å². The lowest BCUT2D eigenvalue weighted by atomic mass is 10.2. The number of nitrogens with two attached hydrogens (primary N) is 1. The SMILES string of the molecule is NNc1cc(NCc2ccccc2F)ncn1. The second-order valence-electron chi connectivity index (χ2n) is 3.38. The standard InChI is InChI=1S/C11H12FN5/c12-9-4-2-1-3-8(9)6-14-10-5-11(17-13)16-7-15-10/h1-5,7H,6,13H2,(H2,14,15,16,17). The minimum Gasteiger partial charge on any atom is -0.366 e. The molecular weight excluding hydrogens is 221 g/mol. The van der Waals surface area contributed by atoms with Crippen LogP contribution in [0.15, 0.2) is 36.7 Å². The number of benzene rings is 1. The molecule has 1 heterocycles. The Morgan fingerprint density at radius 3 is 2.71 bits per heavy atom. The van der Waals surface area contributed by atoms with Crippen molar-refractivity contribution in [2.75, 3.05) is 10.7 Å². The lowest BCUT2D eigenvalue weighted by Crippen LogP contribution is -2.10. The molecule has 0 radical (unpaired) electrons. The summed E-state index contributed by atoms with van der Waals surface area (Å²) in [5, 5.41) is 2.99. The van der Waals surface area contributed by atoms with Crippen molar-refractivity contribution in [2.45, 2.75) is 6.54 Å². The van der Waals surface area contributed by atoms with Crippen LogP contribution in [0, 0.1) is 5.82 Å². The smallest absolute Gasteiger partial charge is 0.145 e. The Morgan fingerprint density at radius 1 is 1.18 bits per heavy atom. The maximum Gasteiger partial charge on any atom is 0.145 e. The number of halogens is 1. The number of hydrazine groups is 1. The molecule has 2 aromatic rings. The number of nitrogens with one attached hydrogen (secondary N) is 2. The minimum atomic E-state index is -0.244. The molecular formula is C11H12FN5. The topological polar surface area (TPSA) is 75.9 Å². The van der Waals surface area contributed by atoms with E-state index in [-0.39, 0.29) is 5.82 Å². The summed E-state index contributed by atoms with van der Waals surface area (Å²) in [5.74, 6) is 6.05. The minimum absolute atomic E-state index is 0.244. The summed E-state index contributed by atoms with van der Waals surface area (Å²) in [5.41, 5.74) is 2.99. The lowest BCUT2D eigenvalue weighted by molar-refractivity contribution is 0.613. The second kappa shape index (κ2) is 5.22. The van der Waals surface area contributed by atoms with E-state index in [4.69, 9.17) is 5.84 Å². The Hall–Kier alpha value is -2.21. The molecule has 0 amide bonds. The third-order valence-electron chi connectivity index (χ3n) is 2.23. The molecule has 0 aliphatic carbocycles. The number of hydrogen-bond donors (Lipinski definition) is 3. The molecule has 1 aromatic heterocycles. The molecule has 0 aliphatic heterocycles. The van der Waals surface area contributed by atoms with Gasteiger partial charge in [0.1, 0.15) is 23.8 Å². The Labute approximate surface area is 97.9 Å². The van der Waals surface area contributed by atoms with E-state index >= 15 is 0 Å². The summed E-state index contributed by atoms with van der Waals surface area (Å²) < 4.78 is 13.3. The summed E-state index contributed by atoms with van der Waals surface area (Å²) in [6, 6.07) is 8.21. The van der Waals surface area contributed by atoms with Gasteiger partial charge in [-0.15, -0.1) is 0 Å². The van der Waals surface area contributed by atoms with Gasteiger partial charge in [-0.05, 0) is 6.07 Å². The highest BCUT2D eigenvalue weighted by atomic mass is 19.1. The highest BCUT2D eigenvalue weighted by molar-refractivity contribution is 5.45. The van der Waals surface area contributed by atoms with E-state index in [9.17, 15) is 4.39 Å². The van der Waals surface area contributed by atoms with E-state index in [1.807, 2.05) is 0 Å². The Kier molecular flexibility index (Phi) is 3.46. The largest absolute Gasteiger partial charge is 0.366 e. The van der Waals surface area contributed by atoms with E-state index in [1.54, 1.807) is 24.3 Å². The van der Waals surface area contributed by atoms with E-state index in [0.29, 0.717) is 23.7 Å². The predicted molar refractivity (Wildman–Crippen MR) is 63.6 cm³/mol. The van der Waals surface area contributed by atoms with Crippen molar-refractivity contribution < 1.29 is 4.39 Å². The van der Waals surface area contributed by atoms with Gasteiger partial charge in [0.25, 0.3) is 0 Å². The van der Waals surface area contributed by atoms with E-state index in [0.717, 1.165) is 0 Å². The van der Waals surface area contributed by atoms with Crippen LogP contribution in [0.1, 0.15) is 5.56 Å². The summed E-state index contributed by atoms with van der Waals surface area (Å²) in [7, 11) is 0. The Morgan fingerprint density at radius 2 is 1.94 bits per heavy atom. The number of aromatic nitrogens is 2. The number of nitrogen functional groups attached to an aromatic ring is 1. The molecule has 0 saturated carbocycles. The molecule has 4 N–H and O–H groups in total.